The van der Waals surface area contributed by atoms with E-state index in [4.69, 9.17) is 15.3 Å². The first-order valence-corrected chi connectivity index (χ1v) is 3.35. The summed E-state index contributed by atoms with van der Waals surface area (Å²) in [6.07, 6.45) is 0. The molecule has 0 aromatic heterocycles. The van der Waals surface area contributed by atoms with Gasteiger partial charge in [-0.05, 0) is 7.05 Å². The van der Waals surface area contributed by atoms with Gasteiger partial charge in [-0.2, -0.15) is 0 Å². The van der Waals surface area contributed by atoms with Crippen molar-refractivity contribution in [2.45, 2.75) is 5.54 Å². The fourth-order valence-corrected chi connectivity index (χ4v) is 0.636. The van der Waals surface area contributed by atoms with E-state index in [9.17, 15) is 4.79 Å². The largest absolute Gasteiger partial charge is 0.437 e. The van der Waals surface area contributed by atoms with E-state index in [1.54, 1.807) is 0 Å². The molecule has 0 saturated heterocycles. The van der Waals surface area contributed by atoms with E-state index in [1.165, 1.54) is 7.05 Å². The van der Waals surface area contributed by atoms with Crippen LogP contribution in [0.5, 0.6) is 0 Å². The minimum Gasteiger partial charge on any atom is -0.437 e. The maximum absolute atomic E-state index is 11.0. The number of esters is 1. The summed E-state index contributed by atoms with van der Waals surface area (Å²) < 4.78 is 4.21. The van der Waals surface area contributed by atoms with Gasteiger partial charge in [0.05, 0.1) is 13.2 Å². The molecule has 4 N–H and O–H groups in total. The lowest BCUT2D eigenvalue weighted by Crippen LogP contribution is -2.57. The summed E-state index contributed by atoms with van der Waals surface area (Å²) in [5.74, 6) is -0.891. The number of carbonyl (C=O) groups excluding carboxylic acids is 1. The minimum absolute atomic E-state index is 0.598. The van der Waals surface area contributed by atoms with Gasteiger partial charge in [0.15, 0.2) is 12.3 Å². The van der Waals surface area contributed by atoms with Gasteiger partial charge in [-0.1, -0.05) is 0 Å². The Morgan fingerprint density at radius 2 is 1.92 bits per heavy atom. The quantitative estimate of drug-likeness (QED) is 0.273. The summed E-state index contributed by atoms with van der Waals surface area (Å²) in [6, 6.07) is 0. The predicted molar refractivity (Wildman–Crippen MR) is 39.1 cm³/mol. The zero-order valence-corrected chi connectivity index (χ0v) is 6.78. The van der Waals surface area contributed by atoms with Gasteiger partial charge in [0.25, 0.3) is 0 Å². The summed E-state index contributed by atoms with van der Waals surface area (Å²) in [7, 11) is 1.39. The lowest BCUT2D eigenvalue weighted by molar-refractivity contribution is -0.163. The van der Waals surface area contributed by atoms with Gasteiger partial charge in [-0.3, -0.25) is 0 Å². The molecule has 0 saturated carbocycles. The maximum Gasteiger partial charge on any atom is 0.333 e. The highest BCUT2D eigenvalue weighted by atomic mass is 16.6. The van der Waals surface area contributed by atoms with E-state index >= 15 is 0 Å². The standard InChI is InChI=1S/C6H13NO5/c1-7-6(2-8,3-9)5(11)12-4-10/h7-10H,2-4H2,1H3. The summed E-state index contributed by atoms with van der Waals surface area (Å²) in [6.45, 7) is -1.97. The molecule has 0 rings (SSSR count). The molecule has 0 unspecified atom stereocenters. The molecule has 0 spiro atoms. The van der Waals surface area contributed by atoms with Crippen LogP contribution < -0.4 is 5.32 Å². The van der Waals surface area contributed by atoms with Gasteiger partial charge in [-0.15, -0.1) is 0 Å². The van der Waals surface area contributed by atoms with E-state index < -0.39 is 31.5 Å². The Bertz CT molecular complexity index is 137. The highest BCUT2D eigenvalue weighted by Gasteiger charge is 2.37. The molecule has 0 radical (unpaired) electrons. The molecule has 0 atom stereocenters. The van der Waals surface area contributed by atoms with Crippen LogP contribution in [0.2, 0.25) is 0 Å². The maximum atomic E-state index is 11.0. The number of rotatable bonds is 5. The number of ether oxygens (including phenoxy) is 1. The summed E-state index contributed by atoms with van der Waals surface area (Å²) in [5.41, 5.74) is -1.53. The molecular formula is C6H13NO5. The third-order valence-electron chi connectivity index (χ3n) is 1.60. The molecule has 0 fully saturated rings. The third kappa shape index (κ3) is 2.15. The molecule has 0 heterocycles. The second kappa shape index (κ2) is 5.04. The van der Waals surface area contributed by atoms with Gasteiger partial charge in [0.2, 0.25) is 0 Å². The molecule has 0 aromatic rings. The van der Waals surface area contributed by atoms with E-state index in [-0.39, 0.29) is 0 Å². The first kappa shape index (κ1) is 11.3. The topological polar surface area (TPSA) is 99.0 Å². The Balaban J connectivity index is 4.36. The van der Waals surface area contributed by atoms with Crippen LogP contribution >= 0.6 is 0 Å². The Labute approximate surface area is 69.8 Å². The number of hydrogen-bond donors (Lipinski definition) is 4. The normalized spacial score (nSPS) is 11.3. The van der Waals surface area contributed by atoms with E-state index in [1.807, 2.05) is 0 Å². The van der Waals surface area contributed by atoms with Crippen molar-refractivity contribution in [1.82, 2.24) is 5.32 Å². The van der Waals surface area contributed by atoms with Crippen LogP contribution in [0.1, 0.15) is 0 Å². The number of likely N-dealkylation sites (N-methyl/N-ethyl adjacent to an activating group) is 1. The van der Waals surface area contributed by atoms with Gasteiger partial charge in [0, 0.05) is 0 Å². The summed E-state index contributed by atoms with van der Waals surface area (Å²) >= 11 is 0. The van der Waals surface area contributed by atoms with Crippen LogP contribution in [0.3, 0.4) is 0 Å². The number of carbonyl (C=O) groups is 1. The number of aliphatic hydroxyl groups excluding tert-OH is 3. The van der Waals surface area contributed by atoms with Crippen molar-refractivity contribution in [3.63, 3.8) is 0 Å². The predicted octanol–water partition coefficient (Wildman–Crippen LogP) is -2.58. The zero-order chi connectivity index (χ0) is 9.61. The molecule has 12 heavy (non-hydrogen) atoms. The van der Waals surface area contributed by atoms with Crippen molar-refractivity contribution < 1.29 is 24.9 Å². The molecule has 6 heteroatoms. The Morgan fingerprint density at radius 1 is 1.42 bits per heavy atom. The average molecular weight is 179 g/mol. The Morgan fingerprint density at radius 3 is 2.17 bits per heavy atom. The third-order valence-corrected chi connectivity index (χ3v) is 1.60. The minimum atomic E-state index is -1.53. The molecule has 0 aromatic carbocycles. The van der Waals surface area contributed by atoms with Crippen molar-refractivity contribution in [2.24, 2.45) is 0 Å². The molecule has 72 valence electrons. The van der Waals surface area contributed by atoms with Crippen molar-refractivity contribution in [3.8, 4) is 0 Å². The van der Waals surface area contributed by atoms with Crippen LogP contribution in [-0.2, 0) is 9.53 Å². The van der Waals surface area contributed by atoms with Crippen LogP contribution in [-0.4, -0.2) is 53.9 Å². The monoisotopic (exact) mass is 179 g/mol. The Kier molecular flexibility index (Phi) is 4.75. The SMILES string of the molecule is CNC(CO)(CO)C(=O)OCO. The first-order valence-electron chi connectivity index (χ1n) is 3.35. The molecular weight excluding hydrogens is 166 g/mol. The lowest BCUT2D eigenvalue weighted by atomic mass is 10.0. The molecule has 0 aliphatic rings. The van der Waals surface area contributed by atoms with Gasteiger partial charge in [-0.25, -0.2) is 4.79 Å². The zero-order valence-electron chi connectivity index (χ0n) is 6.78. The molecule has 0 aliphatic heterocycles. The second-order valence-electron chi connectivity index (χ2n) is 2.21. The highest BCUT2D eigenvalue weighted by molar-refractivity contribution is 5.81. The van der Waals surface area contributed by atoms with Gasteiger partial charge < -0.3 is 25.4 Å². The van der Waals surface area contributed by atoms with Crippen molar-refractivity contribution >= 4 is 5.97 Å². The highest BCUT2D eigenvalue weighted by Crippen LogP contribution is 2.04. The summed E-state index contributed by atoms with van der Waals surface area (Å²) in [4.78, 5) is 11.0. The van der Waals surface area contributed by atoms with Crippen LogP contribution in [0.25, 0.3) is 0 Å². The number of aliphatic hydroxyl groups is 3. The molecule has 6 nitrogen and oxygen atoms in total. The van der Waals surface area contributed by atoms with E-state index in [0.717, 1.165) is 0 Å². The smallest absolute Gasteiger partial charge is 0.333 e. The summed E-state index contributed by atoms with van der Waals surface area (Å²) in [5, 5.41) is 28.2. The van der Waals surface area contributed by atoms with Crippen LogP contribution in [0.15, 0.2) is 0 Å². The van der Waals surface area contributed by atoms with Crippen molar-refractivity contribution in [2.75, 3.05) is 27.1 Å². The number of nitrogens with one attached hydrogen (secondary N) is 1. The van der Waals surface area contributed by atoms with E-state index in [2.05, 4.69) is 10.1 Å². The van der Waals surface area contributed by atoms with Crippen LogP contribution in [0.4, 0.5) is 0 Å². The van der Waals surface area contributed by atoms with Crippen LogP contribution in [0, 0.1) is 0 Å². The first-order chi connectivity index (χ1) is 5.66. The molecule has 0 bridgehead atoms. The fraction of sp³-hybridized carbons (Fsp3) is 0.833. The average Bonchev–Trinajstić information content (AvgIpc) is 2.09. The van der Waals surface area contributed by atoms with Crippen molar-refractivity contribution in [1.29, 1.82) is 0 Å². The Hall–Kier alpha value is -0.690. The van der Waals surface area contributed by atoms with Crippen molar-refractivity contribution in [3.05, 3.63) is 0 Å². The number of hydrogen-bond acceptors (Lipinski definition) is 6. The van der Waals surface area contributed by atoms with Gasteiger partial charge >= 0.3 is 5.97 Å². The molecule has 0 amide bonds. The second-order valence-corrected chi connectivity index (χ2v) is 2.21. The van der Waals surface area contributed by atoms with Gasteiger partial charge in [0.1, 0.15) is 0 Å². The fourth-order valence-electron chi connectivity index (χ4n) is 0.636. The van der Waals surface area contributed by atoms with E-state index in [0.29, 0.717) is 0 Å². The lowest BCUT2D eigenvalue weighted by Gasteiger charge is -2.25. The molecule has 0 aliphatic carbocycles.